The second kappa shape index (κ2) is 8.37. The van der Waals surface area contributed by atoms with Gasteiger partial charge in [0.2, 0.25) is 0 Å². The number of carbonyl (C=O) groups excluding carboxylic acids is 1. The highest BCUT2D eigenvalue weighted by atomic mass is 79.9. The van der Waals surface area contributed by atoms with Crippen LogP contribution < -0.4 is 5.32 Å². The van der Waals surface area contributed by atoms with Crippen LogP contribution in [0.5, 0.6) is 0 Å². The summed E-state index contributed by atoms with van der Waals surface area (Å²) in [7, 11) is 0. The monoisotopic (exact) mass is 444 g/mol. The van der Waals surface area contributed by atoms with Gasteiger partial charge in [-0.3, -0.25) is 4.79 Å². The van der Waals surface area contributed by atoms with Gasteiger partial charge in [0.05, 0.1) is 5.69 Å². The van der Waals surface area contributed by atoms with Gasteiger partial charge in [0.25, 0.3) is 5.91 Å². The largest absolute Gasteiger partial charge is 0.350 e. The molecule has 28 heavy (non-hydrogen) atoms. The van der Waals surface area contributed by atoms with Crippen LogP contribution in [0.3, 0.4) is 0 Å². The first-order chi connectivity index (χ1) is 13.5. The SMILES string of the molecule is CC(C)N1CCC(CNC(=O)c2nn(-c3cccc(Br)c3)c3c2CCCC3)C1. The number of rotatable bonds is 5. The Morgan fingerprint density at radius 3 is 2.89 bits per heavy atom. The molecule has 1 aliphatic heterocycles. The highest BCUT2D eigenvalue weighted by Gasteiger charge is 2.28. The summed E-state index contributed by atoms with van der Waals surface area (Å²) in [6, 6.07) is 8.70. The molecule has 0 bridgehead atoms. The molecule has 1 unspecified atom stereocenters. The van der Waals surface area contributed by atoms with Crippen molar-refractivity contribution in [1.29, 1.82) is 0 Å². The topological polar surface area (TPSA) is 50.2 Å². The Morgan fingerprint density at radius 2 is 2.14 bits per heavy atom. The molecule has 5 nitrogen and oxygen atoms in total. The van der Waals surface area contributed by atoms with Crippen molar-refractivity contribution in [1.82, 2.24) is 20.0 Å². The highest BCUT2D eigenvalue weighted by Crippen LogP contribution is 2.28. The third kappa shape index (κ3) is 4.03. The summed E-state index contributed by atoms with van der Waals surface area (Å²) in [5, 5.41) is 7.94. The average Bonchev–Trinajstić information content (AvgIpc) is 3.31. The molecule has 0 radical (unpaired) electrons. The van der Waals surface area contributed by atoms with E-state index >= 15 is 0 Å². The fourth-order valence-corrected chi connectivity index (χ4v) is 4.81. The first-order valence-electron chi connectivity index (χ1n) is 10.4. The van der Waals surface area contributed by atoms with Crippen molar-refractivity contribution < 1.29 is 4.79 Å². The molecule has 1 amide bonds. The second-order valence-electron chi connectivity index (χ2n) is 8.33. The van der Waals surface area contributed by atoms with Crippen molar-refractivity contribution in [2.75, 3.05) is 19.6 Å². The predicted octanol–water partition coefficient (Wildman–Crippen LogP) is 3.97. The Kier molecular flexibility index (Phi) is 5.88. The van der Waals surface area contributed by atoms with Crippen LogP contribution in [-0.4, -0.2) is 46.3 Å². The van der Waals surface area contributed by atoms with Crippen LogP contribution in [0, 0.1) is 5.92 Å². The van der Waals surface area contributed by atoms with Gasteiger partial charge in [0.1, 0.15) is 0 Å². The average molecular weight is 445 g/mol. The molecule has 1 aliphatic carbocycles. The molecular formula is C22H29BrN4O. The number of carbonyl (C=O) groups is 1. The maximum absolute atomic E-state index is 13.0. The Hall–Kier alpha value is -1.66. The Bertz CT molecular complexity index is 860. The zero-order valence-corrected chi connectivity index (χ0v) is 18.3. The maximum Gasteiger partial charge on any atom is 0.272 e. The van der Waals surface area contributed by atoms with E-state index in [1.807, 2.05) is 22.9 Å². The minimum absolute atomic E-state index is 0.0186. The summed E-state index contributed by atoms with van der Waals surface area (Å²) in [5.74, 6) is 0.518. The van der Waals surface area contributed by atoms with E-state index < -0.39 is 0 Å². The summed E-state index contributed by atoms with van der Waals surface area (Å²) < 4.78 is 3.00. The summed E-state index contributed by atoms with van der Waals surface area (Å²) in [5.41, 5.74) is 3.96. The van der Waals surface area contributed by atoms with Gasteiger partial charge in [-0.15, -0.1) is 0 Å². The molecule has 2 heterocycles. The predicted molar refractivity (Wildman–Crippen MR) is 115 cm³/mol. The number of nitrogens with one attached hydrogen (secondary N) is 1. The quantitative estimate of drug-likeness (QED) is 0.758. The fourth-order valence-electron chi connectivity index (χ4n) is 4.42. The third-order valence-corrected chi connectivity index (χ3v) is 6.54. The van der Waals surface area contributed by atoms with E-state index in [4.69, 9.17) is 5.10 Å². The van der Waals surface area contributed by atoms with Gasteiger partial charge in [-0.05, 0) is 76.6 Å². The lowest BCUT2D eigenvalue weighted by Crippen LogP contribution is -2.33. The van der Waals surface area contributed by atoms with E-state index in [0.717, 1.165) is 67.5 Å². The number of hydrogen-bond donors (Lipinski definition) is 1. The van der Waals surface area contributed by atoms with E-state index in [9.17, 15) is 4.79 Å². The lowest BCUT2D eigenvalue weighted by atomic mass is 9.95. The number of halogens is 1. The minimum atomic E-state index is -0.0186. The molecule has 1 saturated heterocycles. The van der Waals surface area contributed by atoms with Crippen molar-refractivity contribution in [3.63, 3.8) is 0 Å². The van der Waals surface area contributed by atoms with E-state index in [0.29, 0.717) is 17.7 Å². The molecule has 1 atom stereocenters. The molecule has 1 N–H and O–H groups in total. The van der Waals surface area contributed by atoms with Crippen molar-refractivity contribution in [2.45, 2.75) is 52.0 Å². The summed E-state index contributed by atoms with van der Waals surface area (Å²) >= 11 is 3.54. The van der Waals surface area contributed by atoms with Gasteiger partial charge in [-0.25, -0.2) is 4.68 Å². The van der Waals surface area contributed by atoms with E-state index in [1.165, 1.54) is 5.69 Å². The molecule has 4 rings (SSSR count). The number of nitrogens with zero attached hydrogens (tertiary/aromatic N) is 3. The number of hydrogen-bond acceptors (Lipinski definition) is 3. The molecule has 1 aromatic carbocycles. The standard InChI is InChI=1S/C22H29BrN4O/c1-15(2)26-11-10-16(14-26)13-24-22(28)21-19-8-3-4-9-20(19)27(25-21)18-7-5-6-17(23)12-18/h5-7,12,15-16H,3-4,8-11,13-14H2,1-2H3,(H,24,28). The van der Waals surface area contributed by atoms with Gasteiger partial charge in [0.15, 0.2) is 5.69 Å². The smallest absolute Gasteiger partial charge is 0.272 e. The normalized spacial score (nSPS) is 19.8. The van der Waals surface area contributed by atoms with Crippen LogP contribution in [0.2, 0.25) is 0 Å². The van der Waals surface area contributed by atoms with E-state index in [-0.39, 0.29) is 5.91 Å². The van der Waals surface area contributed by atoms with E-state index in [2.05, 4.69) is 46.1 Å². The van der Waals surface area contributed by atoms with Gasteiger partial charge < -0.3 is 10.2 Å². The molecule has 1 fully saturated rings. The van der Waals surface area contributed by atoms with Crippen LogP contribution >= 0.6 is 15.9 Å². The van der Waals surface area contributed by atoms with Crippen LogP contribution in [0.15, 0.2) is 28.7 Å². The Morgan fingerprint density at radius 1 is 1.32 bits per heavy atom. The number of amides is 1. The van der Waals surface area contributed by atoms with Crippen molar-refractivity contribution in [3.8, 4) is 5.69 Å². The Balaban J connectivity index is 1.52. The van der Waals surface area contributed by atoms with Gasteiger partial charge in [-0.2, -0.15) is 5.10 Å². The zero-order chi connectivity index (χ0) is 19.7. The molecule has 2 aromatic rings. The van der Waals surface area contributed by atoms with E-state index in [1.54, 1.807) is 0 Å². The summed E-state index contributed by atoms with van der Waals surface area (Å²) in [6.45, 7) is 7.41. The zero-order valence-electron chi connectivity index (χ0n) is 16.7. The lowest BCUT2D eigenvalue weighted by molar-refractivity contribution is 0.0940. The lowest BCUT2D eigenvalue weighted by Gasteiger charge is -2.20. The number of fused-ring (bicyclic) bond motifs is 1. The third-order valence-electron chi connectivity index (χ3n) is 6.05. The Labute approximate surface area is 175 Å². The van der Waals surface area contributed by atoms with Crippen molar-refractivity contribution >= 4 is 21.8 Å². The molecular weight excluding hydrogens is 416 g/mol. The highest BCUT2D eigenvalue weighted by molar-refractivity contribution is 9.10. The van der Waals surface area contributed by atoms with Crippen LogP contribution in [-0.2, 0) is 12.8 Å². The van der Waals surface area contributed by atoms with Gasteiger partial charge >= 0.3 is 0 Å². The molecule has 2 aliphatic rings. The number of benzene rings is 1. The number of aromatic nitrogens is 2. The second-order valence-corrected chi connectivity index (χ2v) is 9.24. The minimum Gasteiger partial charge on any atom is -0.350 e. The summed E-state index contributed by atoms with van der Waals surface area (Å²) in [6.07, 6.45) is 5.36. The maximum atomic E-state index is 13.0. The van der Waals surface area contributed by atoms with Crippen molar-refractivity contribution in [3.05, 3.63) is 45.7 Å². The van der Waals surface area contributed by atoms with Gasteiger partial charge in [0, 0.05) is 34.9 Å². The molecule has 0 spiro atoms. The van der Waals surface area contributed by atoms with Crippen LogP contribution in [0.1, 0.15) is 54.9 Å². The first kappa shape index (κ1) is 19.6. The van der Waals surface area contributed by atoms with Crippen LogP contribution in [0.4, 0.5) is 0 Å². The first-order valence-corrected chi connectivity index (χ1v) is 11.2. The fraction of sp³-hybridized carbons (Fsp3) is 0.545. The number of likely N-dealkylation sites (tertiary alicyclic amines) is 1. The molecule has 6 heteroatoms. The molecule has 0 saturated carbocycles. The van der Waals surface area contributed by atoms with Crippen LogP contribution in [0.25, 0.3) is 5.69 Å². The molecule has 150 valence electrons. The molecule has 1 aromatic heterocycles. The van der Waals surface area contributed by atoms with Gasteiger partial charge in [-0.1, -0.05) is 22.0 Å². The van der Waals surface area contributed by atoms with Crippen molar-refractivity contribution in [2.24, 2.45) is 5.92 Å². The summed E-state index contributed by atoms with van der Waals surface area (Å²) in [4.78, 5) is 15.5.